The fourth-order valence-electron chi connectivity index (χ4n) is 5.27. The third-order valence-electron chi connectivity index (χ3n) is 7.68. The second-order valence-electron chi connectivity index (χ2n) is 10.7. The Kier molecular flexibility index (Phi) is 9.78. The van der Waals surface area contributed by atoms with Gasteiger partial charge in [-0.05, 0) is 84.3 Å². The Morgan fingerprint density at radius 1 is 0.929 bits per heavy atom. The summed E-state index contributed by atoms with van der Waals surface area (Å²) in [6.07, 6.45) is 3.48. The van der Waals surface area contributed by atoms with E-state index in [0.717, 1.165) is 36.0 Å². The predicted octanol–water partition coefficient (Wildman–Crippen LogP) is 4.60. The second kappa shape index (κ2) is 13.3. The first-order chi connectivity index (χ1) is 20.0. The molecule has 3 aromatic rings. The van der Waals surface area contributed by atoms with E-state index in [1.54, 1.807) is 57.4 Å². The maximum atomic E-state index is 13.6. The lowest BCUT2D eigenvalue weighted by atomic mass is 9.86. The van der Waals surface area contributed by atoms with Crippen LogP contribution in [0, 0.1) is 0 Å². The minimum Gasteiger partial charge on any atom is -0.497 e. The molecule has 224 valence electrons. The molecular weight excluding hydrogens is 554 g/mol. The monoisotopic (exact) mass is 593 g/mol. The molecule has 0 radical (unpaired) electrons. The zero-order valence-electron chi connectivity index (χ0n) is 24.8. The van der Waals surface area contributed by atoms with Crippen LogP contribution in [0.5, 0.6) is 11.5 Å². The van der Waals surface area contributed by atoms with Crippen LogP contribution in [-0.4, -0.2) is 65.4 Å². The molecule has 0 saturated heterocycles. The van der Waals surface area contributed by atoms with Gasteiger partial charge in [0.25, 0.3) is 10.0 Å². The lowest BCUT2D eigenvalue weighted by Crippen LogP contribution is -2.34. The standard InChI is InChI=1S/C32H39N3O6S/c1-34(2)31(36)17-13-22-12-16-29(41-5)30(19-22)42(38,39)33-25-15-14-24-9-7-11-28(27(24)21-25)35(3)32(37)20-23-8-6-10-26(18-23)40-4/h6,8,10,12,14-16,18-19,21,28,33H,7,9,11,13,17,20H2,1-5H3. The van der Waals surface area contributed by atoms with Crippen molar-refractivity contribution in [1.82, 2.24) is 9.80 Å². The summed E-state index contributed by atoms with van der Waals surface area (Å²) in [5, 5.41) is 0. The van der Waals surface area contributed by atoms with Gasteiger partial charge in [-0.15, -0.1) is 0 Å². The zero-order valence-corrected chi connectivity index (χ0v) is 25.7. The molecule has 0 heterocycles. The smallest absolute Gasteiger partial charge is 0.265 e. The first kappa shape index (κ1) is 30.9. The average Bonchev–Trinajstić information content (AvgIpc) is 2.98. The van der Waals surface area contributed by atoms with Crippen LogP contribution in [0.1, 0.15) is 47.6 Å². The summed E-state index contributed by atoms with van der Waals surface area (Å²) in [5.74, 6) is 0.848. The number of hydrogen-bond donors (Lipinski definition) is 1. The van der Waals surface area contributed by atoms with Crippen molar-refractivity contribution >= 4 is 27.5 Å². The molecule has 1 atom stereocenters. The molecule has 0 fully saturated rings. The first-order valence-electron chi connectivity index (χ1n) is 13.9. The molecular formula is C32H39N3O6S. The van der Waals surface area contributed by atoms with E-state index in [0.29, 0.717) is 23.4 Å². The normalized spacial score (nSPS) is 14.5. The number of sulfonamides is 1. The molecule has 1 N–H and O–H groups in total. The van der Waals surface area contributed by atoms with Gasteiger partial charge in [0.1, 0.15) is 16.4 Å². The van der Waals surface area contributed by atoms with E-state index >= 15 is 0 Å². The van der Waals surface area contributed by atoms with Gasteiger partial charge in [-0.3, -0.25) is 14.3 Å². The molecule has 42 heavy (non-hydrogen) atoms. The maximum absolute atomic E-state index is 13.6. The highest BCUT2D eigenvalue weighted by Gasteiger charge is 2.28. The van der Waals surface area contributed by atoms with E-state index in [1.165, 1.54) is 12.0 Å². The van der Waals surface area contributed by atoms with Crippen molar-refractivity contribution in [3.63, 3.8) is 0 Å². The van der Waals surface area contributed by atoms with Crippen molar-refractivity contribution in [2.45, 2.75) is 49.5 Å². The minimum atomic E-state index is -4.02. The summed E-state index contributed by atoms with van der Waals surface area (Å²) >= 11 is 0. The number of nitrogens with zero attached hydrogens (tertiary/aromatic N) is 2. The fourth-order valence-corrected chi connectivity index (χ4v) is 6.54. The molecule has 10 heteroatoms. The van der Waals surface area contributed by atoms with E-state index in [9.17, 15) is 18.0 Å². The number of carbonyl (C=O) groups excluding carboxylic acids is 2. The molecule has 0 aliphatic heterocycles. The van der Waals surface area contributed by atoms with Crippen LogP contribution in [0.15, 0.2) is 65.6 Å². The SMILES string of the molecule is COc1cccc(CC(=O)N(C)C2CCCc3ccc(NS(=O)(=O)c4cc(CCC(=O)N(C)C)ccc4OC)cc32)c1. The summed E-state index contributed by atoms with van der Waals surface area (Å²) in [6, 6.07) is 17.7. The van der Waals surface area contributed by atoms with Crippen LogP contribution in [0.2, 0.25) is 0 Å². The van der Waals surface area contributed by atoms with Crippen LogP contribution in [0.25, 0.3) is 0 Å². The number of likely N-dealkylation sites (N-methyl/N-ethyl adjacent to an activating group) is 1. The van der Waals surface area contributed by atoms with Crippen molar-refractivity contribution in [2.24, 2.45) is 0 Å². The van der Waals surface area contributed by atoms with E-state index in [1.807, 2.05) is 36.4 Å². The van der Waals surface area contributed by atoms with E-state index in [2.05, 4.69) is 4.72 Å². The van der Waals surface area contributed by atoms with Crippen molar-refractivity contribution in [3.8, 4) is 11.5 Å². The van der Waals surface area contributed by atoms with Crippen LogP contribution >= 0.6 is 0 Å². The van der Waals surface area contributed by atoms with Crippen molar-refractivity contribution < 1.29 is 27.5 Å². The fraction of sp³-hybridized carbons (Fsp3) is 0.375. The average molecular weight is 594 g/mol. The maximum Gasteiger partial charge on any atom is 0.265 e. The summed E-state index contributed by atoms with van der Waals surface area (Å²) in [6.45, 7) is 0. The number of methoxy groups -OCH3 is 2. The van der Waals surface area contributed by atoms with Gasteiger partial charge in [0, 0.05) is 33.3 Å². The Hall–Kier alpha value is -4.05. The number of anilines is 1. The third-order valence-corrected chi connectivity index (χ3v) is 9.08. The Morgan fingerprint density at radius 2 is 1.71 bits per heavy atom. The number of fused-ring (bicyclic) bond motifs is 1. The van der Waals surface area contributed by atoms with E-state index < -0.39 is 10.0 Å². The van der Waals surface area contributed by atoms with Crippen LogP contribution in [-0.2, 0) is 38.9 Å². The molecule has 1 aliphatic carbocycles. The predicted molar refractivity (Wildman–Crippen MR) is 162 cm³/mol. The van der Waals surface area contributed by atoms with E-state index in [-0.39, 0.29) is 41.3 Å². The number of amides is 2. The molecule has 3 aromatic carbocycles. The Balaban J connectivity index is 1.56. The molecule has 0 aromatic heterocycles. The highest BCUT2D eigenvalue weighted by atomic mass is 32.2. The number of aryl methyl sites for hydroxylation is 2. The van der Waals surface area contributed by atoms with Gasteiger partial charge in [0.15, 0.2) is 0 Å². The van der Waals surface area contributed by atoms with Crippen LogP contribution in [0.3, 0.4) is 0 Å². The molecule has 0 saturated carbocycles. The van der Waals surface area contributed by atoms with Crippen molar-refractivity contribution in [3.05, 3.63) is 82.9 Å². The molecule has 1 unspecified atom stereocenters. The highest BCUT2D eigenvalue weighted by Crippen LogP contribution is 2.36. The number of hydrogen-bond acceptors (Lipinski definition) is 6. The zero-order chi connectivity index (χ0) is 30.4. The summed E-state index contributed by atoms with van der Waals surface area (Å²) in [5.41, 5.74) is 4.02. The van der Waals surface area contributed by atoms with Gasteiger partial charge in [0.2, 0.25) is 11.8 Å². The number of nitrogens with one attached hydrogen (secondary N) is 1. The Labute approximate surface area is 248 Å². The van der Waals surface area contributed by atoms with Crippen LogP contribution < -0.4 is 14.2 Å². The van der Waals surface area contributed by atoms with Gasteiger partial charge in [0.05, 0.1) is 26.7 Å². The lowest BCUT2D eigenvalue weighted by Gasteiger charge is -2.34. The molecule has 9 nitrogen and oxygen atoms in total. The first-order valence-corrected chi connectivity index (χ1v) is 15.4. The number of benzene rings is 3. The number of carbonyl (C=O) groups is 2. The Bertz CT molecular complexity index is 1550. The minimum absolute atomic E-state index is 0.000317. The lowest BCUT2D eigenvalue weighted by molar-refractivity contribution is -0.131. The van der Waals surface area contributed by atoms with E-state index in [4.69, 9.17) is 9.47 Å². The summed E-state index contributed by atoms with van der Waals surface area (Å²) in [7, 11) is 4.17. The summed E-state index contributed by atoms with van der Waals surface area (Å²) < 4.78 is 40.5. The quantitative estimate of drug-likeness (QED) is 0.348. The molecule has 4 rings (SSSR count). The van der Waals surface area contributed by atoms with Crippen molar-refractivity contribution in [2.75, 3.05) is 40.1 Å². The van der Waals surface area contributed by atoms with Gasteiger partial charge < -0.3 is 19.3 Å². The van der Waals surface area contributed by atoms with Gasteiger partial charge >= 0.3 is 0 Å². The largest absolute Gasteiger partial charge is 0.497 e. The van der Waals surface area contributed by atoms with Crippen molar-refractivity contribution in [1.29, 1.82) is 0 Å². The van der Waals surface area contributed by atoms with Gasteiger partial charge in [-0.1, -0.05) is 24.3 Å². The number of rotatable bonds is 11. The number of ether oxygens (including phenoxy) is 2. The molecule has 2 amide bonds. The van der Waals surface area contributed by atoms with Crippen LogP contribution in [0.4, 0.5) is 5.69 Å². The third kappa shape index (κ3) is 7.23. The second-order valence-corrected chi connectivity index (χ2v) is 12.4. The molecule has 0 spiro atoms. The topological polar surface area (TPSA) is 105 Å². The van der Waals surface area contributed by atoms with Gasteiger partial charge in [-0.2, -0.15) is 0 Å². The molecule has 1 aliphatic rings. The Morgan fingerprint density at radius 3 is 2.43 bits per heavy atom. The molecule has 0 bridgehead atoms. The summed E-state index contributed by atoms with van der Waals surface area (Å²) in [4.78, 5) is 28.6. The van der Waals surface area contributed by atoms with Gasteiger partial charge in [-0.25, -0.2) is 8.42 Å². The highest BCUT2D eigenvalue weighted by molar-refractivity contribution is 7.92.